The lowest BCUT2D eigenvalue weighted by Gasteiger charge is -2.23. The molecule has 0 radical (unpaired) electrons. The van der Waals surface area contributed by atoms with E-state index in [1.54, 1.807) is 0 Å². The normalized spacial score (nSPS) is 26.6. The van der Waals surface area contributed by atoms with Crippen LogP contribution < -0.4 is 5.32 Å². The van der Waals surface area contributed by atoms with Gasteiger partial charge < -0.3 is 15.3 Å². The summed E-state index contributed by atoms with van der Waals surface area (Å²) in [4.78, 5) is 2.04. The molecule has 3 atom stereocenters. The fraction of sp³-hybridized carbons (Fsp3) is 1.00. The molecule has 0 aromatic carbocycles. The van der Waals surface area contributed by atoms with Gasteiger partial charge in [0.2, 0.25) is 0 Å². The molecule has 0 saturated heterocycles. The van der Waals surface area contributed by atoms with Crippen molar-refractivity contribution in [3.05, 3.63) is 0 Å². The van der Waals surface area contributed by atoms with E-state index in [0.29, 0.717) is 6.04 Å². The van der Waals surface area contributed by atoms with E-state index in [0.717, 1.165) is 19.0 Å². The fourth-order valence-electron chi connectivity index (χ4n) is 2.89. The monoisotopic (exact) mass is 242 g/mol. The highest BCUT2D eigenvalue weighted by Gasteiger charge is 2.26. The standard InChI is InChI=1S/C14H30N2O/c1-4-5-7-12-8-6-9-14(12)15-10-13(17)11-16(2)3/h12-15,17H,4-11H2,1-3H3. The van der Waals surface area contributed by atoms with Crippen LogP contribution >= 0.6 is 0 Å². The molecule has 1 saturated carbocycles. The summed E-state index contributed by atoms with van der Waals surface area (Å²) in [6.07, 6.45) is 7.80. The van der Waals surface area contributed by atoms with Crippen molar-refractivity contribution in [2.75, 3.05) is 27.2 Å². The molecule has 1 aliphatic rings. The second-order valence-corrected chi connectivity index (χ2v) is 5.76. The summed E-state index contributed by atoms with van der Waals surface area (Å²) in [5.41, 5.74) is 0. The highest BCUT2D eigenvalue weighted by atomic mass is 16.3. The molecule has 0 aliphatic heterocycles. The first kappa shape index (κ1) is 14.9. The van der Waals surface area contributed by atoms with Crippen molar-refractivity contribution in [2.45, 2.75) is 57.6 Å². The maximum atomic E-state index is 9.84. The summed E-state index contributed by atoms with van der Waals surface area (Å²) >= 11 is 0. The lowest BCUT2D eigenvalue weighted by atomic mass is 9.97. The first-order valence-electron chi connectivity index (χ1n) is 7.19. The number of aliphatic hydroxyl groups excluding tert-OH is 1. The van der Waals surface area contributed by atoms with Gasteiger partial charge in [-0.15, -0.1) is 0 Å². The van der Waals surface area contributed by atoms with Crippen LogP contribution in [0.5, 0.6) is 0 Å². The number of rotatable bonds is 8. The van der Waals surface area contributed by atoms with Gasteiger partial charge in [0.15, 0.2) is 0 Å². The number of aliphatic hydroxyl groups is 1. The molecule has 3 heteroatoms. The quantitative estimate of drug-likeness (QED) is 0.682. The number of hydrogen-bond donors (Lipinski definition) is 2. The molecule has 1 fully saturated rings. The Kier molecular flexibility index (Phi) is 7.09. The van der Waals surface area contributed by atoms with E-state index in [1.165, 1.54) is 38.5 Å². The van der Waals surface area contributed by atoms with E-state index in [9.17, 15) is 5.11 Å². The second-order valence-electron chi connectivity index (χ2n) is 5.76. The summed E-state index contributed by atoms with van der Waals surface area (Å²) in [5, 5.41) is 13.4. The third-order valence-electron chi connectivity index (χ3n) is 3.78. The molecule has 0 aromatic rings. The summed E-state index contributed by atoms with van der Waals surface area (Å²) in [7, 11) is 4.01. The van der Waals surface area contributed by atoms with E-state index in [4.69, 9.17) is 0 Å². The molecule has 3 nitrogen and oxygen atoms in total. The average Bonchev–Trinajstić information content (AvgIpc) is 2.70. The summed E-state index contributed by atoms with van der Waals surface area (Å²) < 4.78 is 0. The Morgan fingerprint density at radius 3 is 2.76 bits per heavy atom. The van der Waals surface area contributed by atoms with Gasteiger partial charge in [0.25, 0.3) is 0 Å². The first-order valence-corrected chi connectivity index (χ1v) is 7.19. The number of likely N-dealkylation sites (N-methyl/N-ethyl adjacent to an activating group) is 1. The van der Waals surface area contributed by atoms with Gasteiger partial charge in [-0.2, -0.15) is 0 Å². The van der Waals surface area contributed by atoms with Crippen LogP contribution in [0.3, 0.4) is 0 Å². The van der Waals surface area contributed by atoms with Gasteiger partial charge in [0.1, 0.15) is 0 Å². The van der Waals surface area contributed by atoms with Gasteiger partial charge in [0.05, 0.1) is 6.10 Å². The summed E-state index contributed by atoms with van der Waals surface area (Å²) in [5.74, 6) is 0.849. The molecular weight excluding hydrogens is 212 g/mol. The number of hydrogen-bond acceptors (Lipinski definition) is 3. The minimum atomic E-state index is -0.238. The molecule has 2 N–H and O–H groups in total. The molecule has 0 heterocycles. The lowest BCUT2D eigenvalue weighted by Crippen LogP contribution is -2.41. The number of nitrogens with one attached hydrogen (secondary N) is 1. The molecule has 1 aliphatic carbocycles. The third kappa shape index (κ3) is 5.84. The highest BCUT2D eigenvalue weighted by Crippen LogP contribution is 2.29. The maximum absolute atomic E-state index is 9.84. The Bertz CT molecular complexity index is 197. The van der Waals surface area contributed by atoms with Crippen molar-refractivity contribution in [3.8, 4) is 0 Å². The Morgan fingerprint density at radius 1 is 1.35 bits per heavy atom. The van der Waals surface area contributed by atoms with Crippen LogP contribution in [0.4, 0.5) is 0 Å². The molecule has 0 aromatic heterocycles. The molecule has 102 valence electrons. The SMILES string of the molecule is CCCCC1CCCC1NCC(O)CN(C)C. The van der Waals surface area contributed by atoms with Crippen molar-refractivity contribution in [1.29, 1.82) is 0 Å². The Morgan fingerprint density at radius 2 is 2.12 bits per heavy atom. The van der Waals surface area contributed by atoms with Crippen molar-refractivity contribution in [2.24, 2.45) is 5.92 Å². The van der Waals surface area contributed by atoms with Crippen molar-refractivity contribution < 1.29 is 5.11 Å². The van der Waals surface area contributed by atoms with Gasteiger partial charge in [0, 0.05) is 19.1 Å². The van der Waals surface area contributed by atoms with Gasteiger partial charge in [-0.3, -0.25) is 0 Å². The third-order valence-corrected chi connectivity index (χ3v) is 3.78. The van der Waals surface area contributed by atoms with Crippen LogP contribution in [0, 0.1) is 5.92 Å². The van der Waals surface area contributed by atoms with Crippen molar-refractivity contribution in [1.82, 2.24) is 10.2 Å². The van der Waals surface area contributed by atoms with Crippen LogP contribution in [0.1, 0.15) is 45.4 Å². The second kappa shape index (κ2) is 8.06. The first-order chi connectivity index (χ1) is 8.13. The minimum absolute atomic E-state index is 0.238. The number of unbranched alkanes of at least 4 members (excludes halogenated alkanes) is 1. The Balaban J connectivity index is 2.20. The predicted octanol–water partition coefficient (Wildman–Crippen LogP) is 1.86. The summed E-state index contributed by atoms with van der Waals surface area (Å²) in [6.45, 7) is 3.75. The molecule has 0 spiro atoms. The van der Waals surface area contributed by atoms with Gasteiger partial charge >= 0.3 is 0 Å². The zero-order valence-corrected chi connectivity index (χ0v) is 11.8. The van der Waals surface area contributed by atoms with E-state index in [1.807, 2.05) is 19.0 Å². The topological polar surface area (TPSA) is 35.5 Å². The molecule has 3 unspecified atom stereocenters. The van der Waals surface area contributed by atoms with Gasteiger partial charge in [-0.05, 0) is 39.3 Å². The maximum Gasteiger partial charge on any atom is 0.0791 e. The largest absolute Gasteiger partial charge is 0.390 e. The van der Waals surface area contributed by atoms with Crippen LogP contribution in [0.2, 0.25) is 0 Å². The summed E-state index contributed by atoms with van der Waals surface area (Å²) in [6, 6.07) is 0.651. The molecular formula is C14H30N2O. The predicted molar refractivity (Wildman–Crippen MR) is 73.2 cm³/mol. The van der Waals surface area contributed by atoms with E-state index < -0.39 is 0 Å². The molecule has 1 rings (SSSR count). The Hall–Kier alpha value is -0.120. The van der Waals surface area contributed by atoms with Crippen LogP contribution in [-0.2, 0) is 0 Å². The van der Waals surface area contributed by atoms with Crippen LogP contribution in [0.25, 0.3) is 0 Å². The average molecular weight is 242 g/mol. The van der Waals surface area contributed by atoms with E-state index in [2.05, 4.69) is 12.2 Å². The highest BCUT2D eigenvalue weighted by molar-refractivity contribution is 4.83. The molecule has 0 bridgehead atoms. The van der Waals surface area contributed by atoms with Crippen LogP contribution in [0.15, 0.2) is 0 Å². The minimum Gasteiger partial charge on any atom is -0.390 e. The van der Waals surface area contributed by atoms with Crippen molar-refractivity contribution in [3.63, 3.8) is 0 Å². The smallest absolute Gasteiger partial charge is 0.0791 e. The van der Waals surface area contributed by atoms with E-state index >= 15 is 0 Å². The van der Waals surface area contributed by atoms with Crippen molar-refractivity contribution >= 4 is 0 Å². The van der Waals surface area contributed by atoms with Gasteiger partial charge in [-0.1, -0.05) is 26.2 Å². The lowest BCUT2D eigenvalue weighted by molar-refractivity contribution is 0.128. The van der Waals surface area contributed by atoms with Gasteiger partial charge in [-0.25, -0.2) is 0 Å². The fourth-order valence-corrected chi connectivity index (χ4v) is 2.89. The zero-order valence-electron chi connectivity index (χ0n) is 11.8. The van der Waals surface area contributed by atoms with Crippen LogP contribution in [-0.4, -0.2) is 49.3 Å². The van der Waals surface area contributed by atoms with E-state index in [-0.39, 0.29) is 6.10 Å². The Labute approximate surface area is 107 Å². The molecule has 0 amide bonds. The number of nitrogens with zero attached hydrogens (tertiary/aromatic N) is 1. The molecule has 17 heavy (non-hydrogen) atoms. The zero-order chi connectivity index (χ0) is 12.7.